The molecule has 0 aliphatic heterocycles. The molecule has 66 valence electrons. The standard InChI is InChI=1S/C9H18OS/c1-6(2)8(10)9(4,5)7(3)11/h6-7,11H,1-5H3. The van der Waals surface area contributed by atoms with Gasteiger partial charge in [-0.2, -0.15) is 12.6 Å². The Labute approximate surface area is 75.0 Å². The van der Waals surface area contributed by atoms with E-state index in [1.807, 2.05) is 34.6 Å². The van der Waals surface area contributed by atoms with Gasteiger partial charge < -0.3 is 0 Å². The molecule has 0 fully saturated rings. The zero-order valence-electron chi connectivity index (χ0n) is 8.01. The highest BCUT2D eigenvalue weighted by molar-refractivity contribution is 7.81. The molecule has 0 saturated heterocycles. The van der Waals surface area contributed by atoms with Crippen molar-refractivity contribution in [3.8, 4) is 0 Å². The summed E-state index contributed by atoms with van der Waals surface area (Å²) in [4.78, 5) is 11.6. The van der Waals surface area contributed by atoms with Crippen LogP contribution >= 0.6 is 12.6 Å². The number of hydrogen-bond donors (Lipinski definition) is 1. The SMILES string of the molecule is CC(C)C(=O)C(C)(C)C(C)S. The Morgan fingerprint density at radius 1 is 1.27 bits per heavy atom. The van der Waals surface area contributed by atoms with Crippen LogP contribution in [0.1, 0.15) is 34.6 Å². The minimum Gasteiger partial charge on any atom is -0.299 e. The maximum absolute atomic E-state index is 11.6. The number of Topliss-reactive ketones (excluding diaryl/α,β-unsaturated/α-hetero) is 1. The number of hydrogen-bond acceptors (Lipinski definition) is 2. The van der Waals surface area contributed by atoms with E-state index in [1.165, 1.54) is 0 Å². The molecule has 0 amide bonds. The van der Waals surface area contributed by atoms with Crippen molar-refractivity contribution in [2.75, 3.05) is 0 Å². The molecule has 0 spiro atoms. The molecule has 0 aromatic carbocycles. The van der Waals surface area contributed by atoms with Gasteiger partial charge in [-0.3, -0.25) is 4.79 Å². The Bertz CT molecular complexity index is 148. The molecular weight excluding hydrogens is 156 g/mol. The quantitative estimate of drug-likeness (QED) is 0.651. The van der Waals surface area contributed by atoms with E-state index in [0.717, 1.165) is 0 Å². The molecular formula is C9H18OS. The molecule has 0 aliphatic rings. The van der Waals surface area contributed by atoms with Crippen molar-refractivity contribution in [3.63, 3.8) is 0 Å². The summed E-state index contributed by atoms with van der Waals surface area (Å²) in [6, 6.07) is 0. The van der Waals surface area contributed by atoms with Crippen molar-refractivity contribution >= 4 is 18.4 Å². The van der Waals surface area contributed by atoms with Gasteiger partial charge in [-0.05, 0) is 0 Å². The zero-order valence-corrected chi connectivity index (χ0v) is 8.90. The fourth-order valence-electron chi connectivity index (χ4n) is 0.950. The van der Waals surface area contributed by atoms with Crippen molar-refractivity contribution in [3.05, 3.63) is 0 Å². The van der Waals surface area contributed by atoms with E-state index in [9.17, 15) is 4.79 Å². The van der Waals surface area contributed by atoms with Crippen LogP contribution in [0, 0.1) is 11.3 Å². The maximum Gasteiger partial charge on any atom is 0.142 e. The Balaban J connectivity index is 4.43. The third kappa shape index (κ3) is 2.51. The van der Waals surface area contributed by atoms with Crippen LogP contribution in [0.3, 0.4) is 0 Å². The van der Waals surface area contributed by atoms with Crippen LogP contribution in [0.15, 0.2) is 0 Å². The summed E-state index contributed by atoms with van der Waals surface area (Å²) in [5.74, 6) is 0.402. The molecule has 0 aromatic heterocycles. The lowest BCUT2D eigenvalue weighted by molar-refractivity contribution is -0.130. The molecule has 2 heteroatoms. The van der Waals surface area contributed by atoms with Gasteiger partial charge in [0.1, 0.15) is 5.78 Å². The monoisotopic (exact) mass is 174 g/mol. The topological polar surface area (TPSA) is 17.1 Å². The normalized spacial score (nSPS) is 15.2. The Morgan fingerprint density at radius 3 is 1.73 bits per heavy atom. The van der Waals surface area contributed by atoms with Crippen molar-refractivity contribution in [1.29, 1.82) is 0 Å². The van der Waals surface area contributed by atoms with E-state index in [4.69, 9.17) is 0 Å². The van der Waals surface area contributed by atoms with Crippen LogP contribution in [0.5, 0.6) is 0 Å². The highest BCUT2D eigenvalue weighted by atomic mass is 32.1. The van der Waals surface area contributed by atoms with Gasteiger partial charge in [-0.1, -0.05) is 34.6 Å². The number of thiol groups is 1. The van der Waals surface area contributed by atoms with Gasteiger partial charge in [0.05, 0.1) is 0 Å². The smallest absolute Gasteiger partial charge is 0.142 e. The second-order valence-corrected chi connectivity index (χ2v) is 4.69. The predicted molar refractivity (Wildman–Crippen MR) is 52.1 cm³/mol. The fraction of sp³-hybridized carbons (Fsp3) is 0.889. The molecule has 0 rings (SSSR count). The lowest BCUT2D eigenvalue weighted by atomic mass is 9.80. The van der Waals surface area contributed by atoms with Crippen LogP contribution in [0.4, 0.5) is 0 Å². The Kier molecular flexibility index (Phi) is 3.62. The molecule has 1 nitrogen and oxygen atoms in total. The van der Waals surface area contributed by atoms with Gasteiger partial charge in [0.2, 0.25) is 0 Å². The largest absolute Gasteiger partial charge is 0.299 e. The van der Waals surface area contributed by atoms with Gasteiger partial charge in [0.15, 0.2) is 0 Å². The fourth-order valence-corrected chi connectivity index (χ4v) is 1.08. The zero-order chi connectivity index (χ0) is 9.23. The van der Waals surface area contributed by atoms with E-state index in [-0.39, 0.29) is 16.6 Å². The minimum atomic E-state index is -0.294. The van der Waals surface area contributed by atoms with E-state index < -0.39 is 0 Å². The predicted octanol–water partition coefficient (Wildman–Crippen LogP) is 2.56. The summed E-state index contributed by atoms with van der Waals surface area (Å²) in [5.41, 5.74) is -0.294. The maximum atomic E-state index is 11.6. The first kappa shape index (κ1) is 11.0. The Hall–Kier alpha value is 0.0200. The van der Waals surface area contributed by atoms with Crippen molar-refractivity contribution in [2.45, 2.75) is 39.9 Å². The summed E-state index contributed by atoms with van der Waals surface area (Å²) >= 11 is 4.29. The molecule has 11 heavy (non-hydrogen) atoms. The average Bonchev–Trinajstić information content (AvgIpc) is 1.85. The average molecular weight is 174 g/mol. The minimum absolute atomic E-state index is 0.111. The Morgan fingerprint density at radius 2 is 1.64 bits per heavy atom. The highest BCUT2D eigenvalue weighted by Gasteiger charge is 2.32. The van der Waals surface area contributed by atoms with E-state index >= 15 is 0 Å². The molecule has 0 N–H and O–H groups in total. The first-order valence-electron chi connectivity index (χ1n) is 4.02. The van der Waals surface area contributed by atoms with Crippen molar-refractivity contribution in [2.24, 2.45) is 11.3 Å². The molecule has 0 aliphatic carbocycles. The molecule has 0 radical (unpaired) electrons. The van der Waals surface area contributed by atoms with E-state index in [0.29, 0.717) is 5.78 Å². The summed E-state index contributed by atoms with van der Waals surface area (Å²) in [5, 5.41) is 0.123. The van der Waals surface area contributed by atoms with Gasteiger partial charge in [0, 0.05) is 16.6 Å². The molecule has 0 aromatic rings. The molecule has 1 unspecified atom stereocenters. The first-order chi connectivity index (χ1) is 4.80. The lowest BCUT2D eigenvalue weighted by Gasteiger charge is -2.28. The second-order valence-electron chi connectivity index (χ2n) is 3.92. The third-order valence-electron chi connectivity index (χ3n) is 2.20. The number of rotatable bonds is 3. The van der Waals surface area contributed by atoms with E-state index in [2.05, 4.69) is 12.6 Å². The van der Waals surface area contributed by atoms with Crippen molar-refractivity contribution in [1.82, 2.24) is 0 Å². The molecule has 0 bridgehead atoms. The number of carbonyl (C=O) groups is 1. The van der Waals surface area contributed by atoms with Crippen LogP contribution in [0.2, 0.25) is 0 Å². The summed E-state index contributed by atoms with van der Waals surface area (Å²) in [6.07, 6.45) is 0. The highest BCUT2D eigenvalue weighted by Crippen LogP contribution is 2.28. The van der Waals surface area contributed by atoms with E-state index in [1.54, 1.807) is 0 Å². The summed E-state index contributed by atoms with van der Waals surface area (Å²) in [6.45, 7) is 9.73. The lowest BCUT2D eigenvalue weighted by Crippen LogP contribution is -2.35. The second kappa shape index (κ2) is 3.61. The third-order valence-corrected chi connectivity index (χ3v) is 2.85. The van der Waals surface area contributed by atoms with Crippen LogP contribution in [-0.4, -0.2) is 11.0 Å². The first-order valence-corrected chi connectivity index (χ1v) is 4.54. The van der Waals surface area contributed by atoms with Gasteiger partial charge >= 0.3 is 0 Å². The van der Waals surface area contributed by atoms with Crippen molar-refractivity contribution < 1.29 is 4.79 Å². The number of ketones is 1. The van der Waals surface area contributed by atoms with Gasteiger partial charge in [-0.25, -0.2) is 0 Å². The number of carbonyl (C=O) groups excluding carboxylic acids is 1. The summed E-state index contributed by atoms with van der Waals surface area (Å²) in [7, 11) is 0. The summed E-state index contributed by atoms with van der Waals surface area (Å²) < 4.78 is 0. The van der Waals surface area contributed by atoms with Gasteiger partial charge in [-0.15, -0.1) is 0 Å². The van der Waals surface area contributed by atoms with Crippen LogP contribution < -0.4 is 0 Å². The van der Waals surface area contributed by atoms with Gasteiger partial charge in [0.25, 0.3) is 0 Å². The van der Waals surface area contributed by atoms with Crippen LogP contribution in [0.25, 0.3) is 0 Å². The molecule has 0 heterocycles. The molecule has 0 saturated carbocycles. The molecule has 1 atom stereocenters. The van der Waals surface area contributed by atoms with Crippen LogP contribution in [-0.2, 0) is 4.79 Å².